The molecule has 1 aliphatic rings. The Hall–Kier alpha value is -2.65. The first kappa shape index (κ1) is 19.7. The molecule has 1 unspecified atom stereocenters. The topological polar surface area (TPSA) is 95.4 Å². The number of carbonyl (C=O) groups excluding carboxylic acids is 1. The molecule has 1 amide bonds. The third-order valence-electron chi connectivity index (χ3n) is 4.89. The number of carbonyl (C=O) groups is 2. The molecule has 0 spiro atoms. The molecule has 0 radical (unpaired) electrons. The zero-order chi connectivity index (χ0) is 20.2. The number of amides is 1. The van der Waals surface area contributed by atoms with Crippen molar-refractivity contribution in [2.24, 2.45) is 0 Å². The smallest absolute Gasteiger partial charge is 0.355 e. The molecule has 7 nitrogen and oxygen atoms in total. The molecule has 4 rings (SSSR count). The Kier molecular flexibility index (Phi) is 5.96. The number of pyridine rings is 1. The maximum absolute atomic E-state index is 12.3. The van der Waals surface area contributed by atoms with Gasteiger partial charge in [-0.1, -0.05) is 17.8 Å². The molecule has 3 heterocycles. The van der Waals surface area contributed by atoms with Crippen LogP contribution in [0.3, 0.4) is 0 Å². The van der Waals surface area contributed by atoms with Crippen molar-refractivity contribution in [3.8, 4) is 0 Å². The molecular formula is C20H20N4O3S2. The Morgan fingerprint density at radius 3 is 3.07 bits per heavy atom. The van der Waals surface area contributed by atoms with Gasteiger partial charge in [0.15, 0.2) is 10.0 Å². The molecule has 1 atom stereocenters. The monoisotopic (exact) mass is 428 g/mol. The molecule has 150 valence electrons. The van der Waals surface area contributed by atoms with Gasteiger partial charge in [0, 0.05) is 54.0 Å². The summed E-state index contributed by atoms with van der Waals surface area (Å²) in [5.74, 6) is -0.160. The highest BCUT2D eigenvalue weighted by atomic mass is 32.2. The van der Waals surface area contributed by atoms with Gasteiger partial charge in [0.2, 0.25) is 5.91 Å². The Morgan fingerprint density at radius 2 is 2.24 bits per heavy atom. The number of carboxylic acids is 1. The largest absolute Gasteiger partial charge is 0.476 e. The molecular weight excluding hydrogens is 408 g/mol. The number of rotatable bonds is 8. The van der Waals surface area contributed by atoms with E-state index in [1.807, 2.05) is 35.2 Å². The fraction of sp³-hybridized carbons (Fsp3) is 0.300. The maximum Gasteiger partial charge on any atom is 0.355 e. The minimum atomic E-state index is -1.02. The van der Waals surface area contributed by atoms with Gasteiger partial charge in [0.05, 0.1) is 5.52 Å². The zero-order valence-corrected chi connectivity index (χ0v) is 17.2. The van der Waals surface area contributed by atoms with E-state index in [0.29, 0.717) is 29.6 Å². The van der Waals surface area contributed by atoms with E-state index in [1.54, 1.807) is 6.20 Å². The van der Waals surface area contributed by atoms with Crippen LogP contribution in [-0.4, -0.2) is 56.7 Å². The molecule has 1 aromatic carbocycles. The number of nitrogens with zero attached hydrogens (tertiary/aromatic N) is 3. The predicted octanol–water partition coefficient (Wildman–Crippen LogP) is 3.58. The number of carboxylic acid groups (broad SMARTS) is 1. The first-order valence-corrected chi connectivity index (χ1v) is 11.2. The molecule has 0 bridgehead atoms. The molecule has 29 heavy (non-hydrogen) atoms. The van der Waals surface area contributed by atoms with Crippen molar-refractivity contribution in [1.82, 2.24) is 14.9 Å². The molecule has 9 heteroatoms. The first-order valence-electron chi connectivity index (χ1n) is 9.30. The van der Waals surface area contributed by atoms with Gasteiger partial charge < -0.3 is 15.3 Å². The minimum absolute atomic E-state index is 0.0707. The molecule has 1 fully saturated rings. The van der Waals surface area contributed by atoms with E-state index in [9.17, 15) is 9.59 Å². The highest BCUT2D eigenvalue weighted by Crippen LogP contribution is 2.26. The van der Waals surface area contributed by atoms with Crippen molar-refractivity contribution in [3.63, 3.8) is 0 Å². The number of aromatic carboxylic acids is 1. The van der Waals surface area contributed by atoms with Gasteiger partial charge in [0.1, 0.15) is 0 Å². The van der Waals surface area contributed by atoms with Crippen LogP contribution in [0.1, 0.15) is 23.3 Å². The number of likely N-dealkylation sites (tertiary alicyclic amines) is 1. The molecule has 1 saturated heterocycles. The lowest BCUT2D eigenvalue weighted by Crippen LogP contribution is -2.39. The van der Waals surface area contributed by atoms with Gasteiger partial charge in [-0.15, -0.1) is 11.3 Å². The highest BCUT2D eigenvalue weighted by Gasteiger charge is 2.30. The SMILES string of the molecule is O=C(O)c1csc(SCCN2C(=O)CCC2CNc2cccc3ncccc23)n1. The number of nitrogens with one attached hydrogen (secondary N) is 1. The van der Waals surface area contributed by atoms with E-state index >= 15 is 0 Å². The van der Waals surface area contributed by atoms with Crippen molar-refractivity contribution in [1.29, 1.82) is 0 Å². The average Bonchev–Trinajstić information content (AvgIpc) is 3.34. The van der Waals surface area contributed by atoms with Crippen LogP contribution in [0, 0.1) is 0 Å². The molecule has 2 N–H and O–H groups in total. The molecule has 3 aromatic rings. The number of benzene rings is 1. The van der Waals surface area contributed by atoms with E-state index in [0.717, 1.165) is 23.0 Å². The van der Waals surface area contributed by atoms with Gasteiger partial charge in [-0.05, 0) is 30.7 Å². The van der Waals surface area contributed by atoms with E-state index < -0.39 is 5.97 Å². The van der Waals surface area contributed by atoms with Crippen molar-refractivity contribution in [2.75, 3.05) is 24.2 Å². The summed E-state index contributed by atoms with van der Waals surface area (Å²) in [6.45, 7) is 1.31. The Balaban J connectivity index is 1.34. The standard InChI is InChI=1S/C20H20N4O3S2/c25-18-7-6-13(11-22-16-5-1-4-15-14(16)3-2-8-21-15)24(18)9-10-28-20-23-17(12-29-20)19(26)27/h1-5,8,12-13,22H,6-7,9-11H2,(H,26,27). The summed E-state index contributed by atoms with van der Waals surface area (Å²) in [4.78, 5) is 33.6. The van der Waals surface area contributed by atoms with Crippen molar-refractivity contribution in [2.45, 2.75) is 23.2 Å². The van der Waals surface area contributed by atoms with E-state index in [2.05, 4.69) is 15.3 Å². The summed E-state index contributed by atoms with van der Waals surface area (Å²) in [6, 6.07) is 10.1. The number of anilines is 1. The van der Waals surface area contributed by atoms with Crippen LogP contribution in [0.4, 0.5) is 5.69 Å². The van der Waals surface area contributed by atoms with Crippen LogP contribution < -0.4 is 5.32 Å². The average molecular weight is 429 g/mol. The van der Waals surface area contributed by atoms with E-state index in [4.69, 9.17) is 5.11 Å². The van der Waals surface area contributed by atoms with Crippen LogP contribution in [0.25, 0.3) is 10.9 Å². The number of hydrogen-bond acceptors (Lipinski definition) is 7. The van der Waals surface area contributed by atoms with Crippen LogP contribution in [0.2, 0.25) is 0 Å². The van der Waals surface area contributed by atoms with Crippen molar-refractivity contribution >= 4 is 51.6 Å². The quantitative estimate of drug-likeness (QED) is 0.530. The summed E-state index contributed by atoms with van der Waals surface area (Å²) in [5.41, 5.74) is 2.03. The lowest BCUT2D eigenvalue weighted by Gasteiger charge is -2.25. The van der Waals surface area contributed by atoms with Gasteiger partial charge in [-0.3, -0.25) is 9.78 Å². The van der Waals surface area contributed by atoms with Crippen LogP contribution in [-0.2, 0) is 4.79 Å². The number of fused-ring (bicyclic) bond motifs is 1. The minimum Gasteiger partial charge on any atom is -0.476 e. The van der Waals surface area contributed by atoms with Gasteiger partial charge in [0.25, 0.3) is 0 Å². The highest BCUT2D eigenvalue weighted by molar-refractivity contribution is 8.01. The summed E-state index contributed by atoms with van der Waals surface area (Å²) in [7, 11) is 0. The number of thiazole rings is 1. The van der Waals surface area contributed by atoms with E-state index in [1.165, 1.54) is 28.5 Å². The predicted molar refractivity (Wildman–Crippen MR) is 115 cm³/mol. The van der Waals surface area contributed by atoms with Crippen molar-refractivity contribution in [3.05, 3.63) is 47.6 Å². The Morgan fingerprint density at radius 1 is 1.34 bits per heavy atom. The normalized spacial score (nSPS) is 16.5. The lowest BCUT2D eigenvalue weighted by molar-refractivity contribution is -0.128. The van der Waals surface area contributed by atoms with Crippen LogP contribution >= 0.6 is 23.1 Å². The maximum atomic E-state index is 12.3. The molecule has 1 aliphatic heterocycles. The summed E-state index contributed by atoms with van der Waals surface area (Å²) >= 11 is 2.81. The van der Waals surface area contributed by atoms with E-state index in [-0.39, 0.29) is 17.6 Å². The summed E-state index contributed by atoms with van der Waals surface area (Å²) in [6.07, 6.45) is 3.18. The number of hydrogen-bond donors (Lipinski definition) is 2. The van der Waals surface area contributed by atoms with Crippen LogP contribution in [0.15, 0.2) is 46.2 Å². The zero-order valence-electron chi connectivity index (χ0n) is 15.6. The van der Waals surface area contributed by atoms with Gasteiger partial charge in [-0.25, -0.2) is 9.78 Å². The molecule has 2 aromatic heterocycles. The summed E-state index contributed by atoms with van der Waals surface area (Å²) in [5, 5.41) is 15.1. The fourth-order valence-corrected chi connectivity index (χ4v) is 5.26. The van der Waals surface area contributed by atoms with Gasteiger partial charge in [-0.2, -0.15) is 0 Å². The number of aromatic nitrogens is 2. The van der Waals surface area contributed by atoms with Crippen LogP contribution in [0.5, 0.6) is 0 Å². The second kappa shape index (κ2) is 8.79. The second-order valence-electron chi connectivity index (χ2n) is 6.69. The number of thioether (sulfide) groups is 1. The third-order valence-corrected chi connectivity index (χ3v) is 6.89. The Labute approximate surface area is 176 Å². The lowest BCUT2D eigenvalue weighted by atomic mass is 10.1. The third kappa shape index (κ3) is 4.51. The molecule has 0 saturated carbocycles. The van der Waals surface area contributed by atoms with Gasteiger partial charge >= 0.3 is 5.97 Å². The fourth-order valence-electron chi connectivity index (χ4n) is 3.45. The first-order chi connectivity index (χ1) is 14.1. The Bertz CT molecular complexity index is 1030. The van der Waals surface area contributed by atoms with Crippen molar-refractivity contribution < 1.29 is 14.7 Å². The summed E-state index contributed by atoms with van der Waals surface area (Å²) < 4.78 is 0.715. The molecule has 0 aliphatic carbocycles. The second-order valence-corrected chi connectivity index (χ2v) is 8.89.